The van der Waals surface area contributed by atoms with Crippen LogP contribution in [0.3, 0.4) is 0 Å². The summed E-state index contributed by atoms with van der Waals surface area (Å²) in [6, 6.07) is 18.5. The zero-order chi connectivity index (χ0) is 15.6. The van der Waals surface area contributed by atoms with Gasteiger partial charge in [0.25, 0.3) is 0 Å². The van der Waals surface area contributed by atoms with Crippen LogP contribution in [0.15, 0.2) is 59.6 Å². The number of hydrogen-bond acceptors (Lipinski definition) is 3. The standard InChI is InChI=1S/C18H22N4/c1-3-18(19)21-16-12-8-7-11-15(16)17(22-18)20-13(2)14-9-5-4-6-10-14/h4-13,21H,3,19H2,1-2H3,(H,20,22). The molecule has 0 bridgehead atoms. The van der Waals surface area contributed by atoms with Crippen molar-refractivity contribution in [2.24, 2.45) is 10.7 Å². The van der Waals surface area contributed by atoms with Crippen molar-refractivity contribution in [3.05, 3.63) is 65.7 Å². The minimum atomic E-state index is -0.663. The van der Waals surface area contributed by atoms with E-state index in [0.717, 1.165) is 23.5 Å². The van der Waals surface area contributed by atoms with Crippen molar-refractivity contribution >= 4 is 11.5 Å². The lowest BCUT2D eigenvalue weighted by atomic mass is 10.0. The van der Waals surface area contributed by atoms with Gasteiger partial charge >= 0.3 is 0 Å². The third-order valence-electron chi connectivity index (χ3n) is 4.04. The highest BCUT2D eigenvalue weighted by Gasteiger charge is 2.31. The predicted octanol–water partition coefficient (Wildman–Crippen LogP) is 3.23. The Hall–Kier alpha value is -2.33. The topological polar surface area (TPSA) is 62.4 Å². The summed E-state index contributed by atoms with van der Waals surface area (Å²) in [5.41, 5.74) is 9.64. The van der Waals surface area contributed by atoms with Gasteiger partial charge in [-0.05, 0) is 24.6 Å². The summed E-state index contributed by atoms with van der Waals surface area (Å²) >= 11 is 0. The molecular formula is C18H22N4. The van der Waals surface area contributed by atoms with Gasteiger partial charge in [-0.3, -0.25) is 10.7 Å². The summed E-state index contributed by atoms with van der Waals surface area (Å²) in [4.78, 5) is 4.88. The summed E-state index contributed by atoms with van der Waals surface area (Å²) in [5.74, 6) is 0.180. The highest BCUT2D eigenvalue weighted by atomic mass is 15.3. The number of nitrogens with zero attached hydrogens (tertiary/aromatic N) is 1. The molecule has 0 aliphatic carbocycles. The second kappa shape index (κ2) is 5.81. The van der Waals surface area contributed by atoms with Gasteiger partial charge < -0.3 is 10.6 Å². The second-order valence-corrected chi connectivity index (χ2v) is 5.68. The Morgan fingerprint density at radius 2 is 1.73 bits per heavy atom. The number of nitrogens with two attached hydrogens (primary N) is 1. The normalized spacial score (nSPS) is 23.3. The molecule has 0 spiro atoms. The molecule has 0 saturated heterocycles. The van der Waals surface area contributed by atoms with Gasteiger partial charge in [0.2, 0.25) is 0 Å². The van der Waals surface area contributed by atoms with Crippen molar-refractivity contribution in [2.75, 3.05) is 5.32 Å². The average molecular weight is 294 g/mol. The van der Waals surface area contributed by atoms with Crippen molar-refractivity contribution in [1.29, 1.82) is 0 Å². The molecule has 4 N–H and O–H groups in total. The zero-order valence-electron chi connectivity index (χ0n) is 13.0. The lowest BCUT2D eigenvalue weighted by molar-refractivity contribution is 0.428. The molecule has 0 saturated carbocycles. The number of fused-ring (bicyclic) bond motifs is 1. The van der Waals surface area contributed by atoms with Gasteiger partial charge in [-0.15, -0.1) is 0 Å². The Bertz CT molecular complexity index is 680. The number of benzene rings is 2. The smallest absolute Gasteiger partial charge is 0.162 e. The summed E-state index contributed by atoms with van der Waals surface area (Å²) in [6.45, 7) is 4.14. The van der Waals surface area contributed by atoms with Crippen LogP contribution >= 0.6 is 0 Å². The molecule has 2 aromatic rings. The van der Waals surface area contributed by atoms with Crippen molar-refractivity contribution < 1.29 is 0 Å². The molecule has 4 heteroatoms. The number of amidine groups is 1. The van der Waals surface area contributed by atoms with Crippen LogP contribution in [0.2, 0.25) is 0 Å². The molecule has 2 unspecified atom stereocenters. The average Bonchev–Trinajstić information content (AvgIpc) is 2.55. The van der Waals surface area contributed by atoms with E-state index in [-0.39, 0.29) is 6.04 Å². The van der Waals surface area contributed by atoms with E-state index in [2.05, 4.69) is 35.8 Å². The molecule has 22 heavy (non-hydrogen) atoms. The van der Waals surface area contributed by atoms with Gasteiger partial charge in [-0.1, -0.05) is 49.4 Å². The molecule has 2 aromatic carbocycles. The number of aliphatic imine (C=N–C) groups is 1. The number of anilines is 1. The van der Waals surface area contributed by atoms with Gasteiger partial charge in [0.15, 0.2) is 5.79 Å². The summed E-state index contributed by atoms with van der Waals surface area (Å²) in [7, 11) is 0. The molecule has 1 aliphatic rings. The minimum absolute atomic E-state index is 0.0657. The third kappa shape index (κ3) is 2.83. The Morgan fingerprint density at radius 1 is 1.05 bits per heavy atom. The summed E-state index contributed by atoms with van der Waals surface area (Å²) in [6.07, 6.45) is 0.750. The lowest BCUT2D eigenvalue weighted by Crippen LogP contribution is -2.63. The Balaban J connectivity index is 2.00. The number of hydrogen-bond donors (Lipinski definition) is 3. The highest BCUT2D eigenvalue weighted by molar-refractivity contribution is 6.05. The number of para-hydroxylation sites is 1. The molecule has 1 aliphatic heterocycles. The van der Waals surface area contributed by atoms with E-state index in [4.69, 9.17) is 10.7 Å². The Morgan fingerprint density at radius 3 is 2.45 bits per heavy atom. The van der Waals surface area contributed by atoms with E-state index >= 15 is 0 Å². The van der Waals surface area contributed by atoms with Crippen LogP contribution in [0.4, 0.5) is 5.69 Å². The molecular weight excluding hydrogens is 272 g/mol. The van der Waals surface area contributed by atoms with Crippen LogP contribution in [0.5, 0.6) is 0 Å². The van der Waals surface area contributed by atoms with Gasteiger partial charge in [0.05, 0.1) is 6.04 Å². The van der Waals surface area contributed by atoms with Crippen LogP contribution in [-0.2, 0) is 0 Å². The van der Waals surface area contributed by atoms with E-state index in [9.17, 15) is 0 Å². The van der Waals surface area contributed by atoms with E-state index < -0.39 is 5.79 Å². The molecule has 0 aromatic heterocycles. The SMILES string of the molecule is CCC1(N)NC(=NC(C)c2ccccc2)c2ccccc2N1. The summed E-state index contributed by atoms with van der Waals surface area (Å²) < 4.78 is 0. The number of rotatable bonds is 3. The van der Waals surface area contributed by atoms with E-state index in [1.54, 1.807) is 0 Å². The van der Waals surface area contributed by atoms with Crippen LogP contribution in [0, 0.1) is 0 Å². The van der Waals surface area contributed by atoms with Crippen LogP contribution in [-0.4, -0.2) is 11.6 Å². The van der Waals surface area contributed by atoms with Crippen molar-refractivity contribution in [1.82, 2.24) is 5.32 Å². The molecule has 0 amide bonds. The van der Waals surface area contributed by atoms with Crippen molar-refractivity contribution in [3.63, 3.8) is 0 Å². The summed E-state index contributed by atoms with van der Waals surface area (Å²) in [5, 5.41) is 6.70. The fourth-order valence-corrected chi connectivity index (χ4v) is 2.63. The molecule has 0 radical (unpaired) electrons. The first-order chi connectivity index (χ1) is 10.6. The second-order valence-electron chi connectivity index (χ2n) is 5.68. The lowest BCUT2D eigenvalue weighted by Gasteiger charge is -2.38. The minimum Gasteiger partial charge on any atom is -0.350 e. The first-order valence-corrected chi connectivity index (χ1v) is 7.69. The Labute approximate surface area is 131 Å². The maximum Gasteiger partial charge on any atom is 0.162 e. The molecule has 2 atom stereocenters. The molecule has 3 rings (SSSR count). The largest absolute Gasteiger partial charge is 0.350 e. The molecule has 4 nitrogen and oxygen atoms in total. The molecule has 0 fully saturated rings. The van der Waals surface area contributed by atoms with Crippen LogP contribution in [0.1, 0.15) is 37.4 Å². The fourth-order valence-electron chi connectivity index (χ4n) is 2.63. The predicted molar refractivity (Wildman–Crippen MR) is 91.8 cm³/mol. The van der Waals surface area contributed by atoms with E-state index in [1.807, 2.05) is 43.3 Å². The van der Waals surface area contributed by atoms with Gasteiger partial charge in [-0.2, -0.15) is 0 Å². The Kier molecular flexibility index (Phi) is 3.86. The first kappa shape index (κ1) is 14.6. The number of nitrogens with one attached hydrogen (secondary N) is 2. The van der Waals surface area contributed by atoms with Gasteiger partial charge in [-0.25, -0.2) is 0 Å². The molecule has 114 valence electrons. The maximum atomic E-state index is 6.37. The van der Waals surface area contributed by atoms with Crippen molar-refractivity contribution in [2.45, 2.75) is 32.1 Å². The monoisotopic (exact) mass is 294 g/mol. The van der Waals surface area contributed by atoms with E-state index in [0.29, 0.717) is 0 Å². The maximum absolute atomic E-state index is 6.37. The van der Waals surface area contributed by atoms with Crippen molar-refractivity contribution in [3.8, 4) is 0 Å². The zero-order valence-corrected chi connectivity index (χ0v) is 13.0. The van der Waals surface area contributed by atoms with Gasteiger partial charge in [0, 0.05) is 17.7 Å². The van der Waals surface area contributed by atoms with Gasteiger partial charge in [0.1, 0.15) is 5.84 Å². The van der Waals surface area contributed by atoms with E-state index in [1.165, 1.54) is 5.56 Å². The quantitative estimate of drug-likeness (QED) is 0.814. The highest BCUT2D eigenvalue weighted by Crippen LogP contribution is 2.26. The fraction of sp³-hybridized carbons (Fsp3) is 0.278. The van der Waals surface area contributed by atoms with Crippen LogP contribution in [0.25, 0.3) is 0 Å². The molecule has 1 heterocycles. The third-order valence-corrected chi connectivity index (χ3v) is 4.04. The van der Waals surface area contributed by atoms with Crippen LogP contribution < -0.4 is 16.4 Å². The first-order valence-electron chi connectivity index (χ1n) is 7.69.